The number of amidine groups is 1. The fourth-order valence-electron chi connectivity index (χ4n) is 0.559. The second-order valence-corrected chi connectivity index (χ2v) is 3.20. The van der Waals surface area contributed by atoms with Gasteiger partial charge >= 0.3 is 0 Å². The third-order valence-corrected chi connectivity index (χ3v) is 1.47. The number of carbonyl (C=O) groups is 1. The molecule has 0 saturated heterocycles. The minimum absolute atomic E-state index is 0.167. The number of nitrogens with zero attached hydrogens (tertiary/aromatic N) is 1. The van der Waals surface area contributed by atoms with Gasteiger partial charge in [0, 0.05) is 11.8 Å². The van der Waals surface area contributed by atoms with Crippen molar-refractivity contribution in [2.24, 2.45) is 16.3 Å². The molecule has 0 fully saturated rings. The highest BCUT2D eigenvalue weighted by Gasteiger charge is 2.16. The Kier molecular flexibility index (Phi) is 3.57. The van der Waals surface area contributed by atoms with E-state index < -0.39 is 0 Å². The molecule has 0 aliphatic carbocycles. The van der Waals surface area contributed by atoms with Crippen molar-refractivity contribution in [3.63, 3.8) is 0 Å². The van der Waals surface area contributed by atoms with Crippen LogP contribution in [0.3, 0.4) is 0 Å². The molecule has 0 aromatic heterocycles. The first kappa shape index (κ1) is 9.94. The van der Waals surface area contributed by atoms with Gasteiger partial charge in [-0.3, -0.25) is 0 Å². The molecule has 4 heteroatoms. The second kappa shape index (κ2) is 3.95. The van der Waals surface area contributed by atoms with Crippen LogP contribution in [0.1, 0.15) is 26.7 Å². The number of hydrogen-bond acceptors (Lipinski definition) is 3. The molecule has 3 N–H and O–H groups in total. The average Bonchev–Trinajstić information content (AvgIpc) is 2.00. The molecule has 0 aliphatic heterocycles. The Hall–Kier alpha value is -1.06. The smallest absolute Gasteiger partial charge is 0.139 e. The highest BCUT2D eigenvalue weighted by Crippen LogP contribution is 2.18. The van der Waals surface area contributed by atoms with Gasteiger partial charge in [0.15, 0.2) is 0 Å². The van der Waals surface area contributed by atoms with E-state index in [0.717, 1.165) is 6.29 Å². The number of carbonyl (C=O) groups excluding carboxylic acids is 1. The second-order valence-electron chi connectivity index (χ2n) is 3.20. The van der Waals surface area contributed by atoms with Crippen molar-refractivity contribution in [3.8, 4) is 0 Å². The van der Waals surface area contributed by atoms with E-state index in [2.05, 4.69) is 5.16 Å². The summed E-state index contributed by atoms with van der Waals surface area (Å²) < 4.78 is 0. The molecule has 0 rings (SSSR count). The summed E-state index contributed by atoms with van der Waals surface area (Å²) in [6, 6.07) is 0. The minimum Gasteiger partial charge on any atom is -0.409 e. The topological polar surface area (TPSA) is 75.7 Å². The van der Waals surface area contributed by atoms with Crippen LogP contribution in [0.4, 0.5) is 0 Å². The van der Waals surface area contributed by atoms with Crippen LogP contribution in [-0.2, 0) is 4.79 Å². The number of aldehydes is 1. The number of rotatable bonds is 4. The first-order chi connectivity index (χ1) is 5.02. The van der Waals surface area contributed by atoms with Crippen molar-refractivity contribution >= 4 is 12.1 Å². The summed E-state index contributed by atoms with van der Waals surface area (Å²) >= 11 is 0. The molecule has 4 nitrogen and oxygen atoms in total. The average molecular weight is 158 g/mol. The molecule has 0 atom stereocenters. The van der Waals surface area contributed by atoms with Gasteiger partial charge in [0.2, 0.25) is 0 Å². The highest BCUT2D eigenvalue weighted by atomic mass is 16.4. The lowest BCUT2D eigenvalue weighted by Gasteiger charge is -2.14. The number of oxime groups is 1. The summed E-state index contributed by atoms with van der Waals surface area (Å²) in [5.41, 5.74) is 4.84. The van der Waals surface area contributed by atoms with E-state index in [1.807, 2.05) is 13.8 Å². The van der Waals surface area contributed by atoms with Gasteiger partial charge in [-0.2, -0.15) is 0 Å². The fourth-order valence-corrected chi connectivity index (χ4v) is 0.559. The van der Waals surface area contributed by atoms with Crippen molar-refractivity contribution in [2.45, 2.75) is 26.7 Å². The number of nitrogens with two attached hydrogens (primary N) is 1. The van der Waals surface area contributed by atoms with Crippen molar-refractivity contribution in [3.05, 3.63) is 0 Å². The van der Waals surface area contributed by atoms with Crippen LogP contribution in [0.15, 0.2) is 5.16 Å². The Morgan fingerprint density at radius 3 is 2.64 bits per heavy atom. The Morgan fingerprint density at radius 2 is 2.27 bits per heavy atom. The van der Waals surface area contributed by atoms with Crippen molar-refractivity contribution in [1.82, 2.24) is 0 Å². The maximum absolute atomic E-state index is 10.4. The summed E-state index contributed by atoms with van der Waals surface area (Å²) in [7, 11) is 0. The van der Waals surface area contributed by atoms with E-state index in [1.54, 1.807) is 0 Å². The Balaban J connectivity index is 3.79. The van der Waals surface area contributed by atoms with Crippen LogP contribution in [0.25, 0.3) is 0 Å². The standard InChI is InChI=1S/C7H14N2O2/c1-7(2,5-10)4-3-6(8)9-11/h5,11H,3-4H2,1-2H3,(H2,8,9). The monoisotopic (exact) mass is 158 g/mol. The molecule has 0 spiro atoms. The molecule has 0 heterocycles. The molecule has 0 saturated carbocycles. The van der Waals surface area contributed by atoms with Gasteiger partial charge in [0.1, 0.15) is 12.1 Å². The fraction of sp³-hybridized carbons (Fsp3) is 0.714. The van der Waals surface area contributed by atoms with Gasteiger partial charge in [-0.25, -0.2) is 0 Å². The Morgan fingerprint density at radius 1 is 1.73 bits per heavy atom. The molecule has 64 valence electrons. The van der Waals surface area contributed by atoms with Gasteiger partial charge in [0.05, 0.1) is 0 Å². The maximum atomic E-state index is 10.4. The molecule has 0 amide bonds. The zero-order chi connectivity index (χ0) is 8.91. The highest BCUT2D eigenvalue weighted by molar-refractivity contribution is 5.80. The third-order valence-electron chi connectivity index (χ3n) is 1.47. The molecule has 0 radical (unpaired) electrons. The summed E-state index contributed by atoms with van der Waals surface area (Å²) in [5, 5.41) is 11.0. The van der Waals surface area contributed by atoms with Gasteiger partial charge in [-0.05, 0) is 6.42 Å². The third kappa shape index (κ3) is 4.36. The normalized spacial score (nSPS) is 13.1. The van der Waals surface area contributed by atoms with Gasteiger partial charge < -0.3 is 15.7 Å². The lowest BCUT2D eigenvalue weighted by molar-refractivity contribution is -0.114. The van der Waals surface area contributed by atoms with Crippen LogP contribution in [-0.4, -0.2) is 17.3 Å². The van der Waals surface area contributed by atoms with Crippen LogP contribution in [0, 0.1) is 5.41 Å². The van der Waals surface area contributed by atoms with Gasteiger partial charge in [0.25, 0.3) is 0 Å². The summed E-state index contributed by atoms with van der Waals surface area (Å²) in [6.45, 7) is 3.62. The first-order valence-corrected chi connectivity index (χ1v) is 3.44. The molecule has 11 heavy (non-hydrogen) atoms. The quantitative estimate of drug-likeness (QED) is 0.208. The predicted octanol–water partition coefficient (Wildman–Crippen LogP) is 0.738. The van der Waals surface area contributed by atoms with Crippen molar-refractivity contribution in [1.29, 1.82) is 0 Å². The van der Waals surface area contributed by atoms with Gasteiger partial charge in [-0.15, -0.1) is 0 Å². The molecule has 0 aromatic carbocycles. The predicted molar refractivity (Wildman–Crippen MR) is 42.5 cm³/mol. The zero-order valence-corrected chi connectivity index (χ0v) is 6.87. The van der Waals surface area contributed by atoms with Crippen LogP contribution in [0.5, 0.6) is 0 Å². The number of hydrogen-bond donors (Lipinski definition) is 2. The van der Waals surface area contributed by atoms with E-state index in [0.29, 0.717) is 12.8 Å². The first-order valence-electron chi connectivity index (χ1n) is 3.44. The lowest BCUT2D eigenvalue weighted by Crippen LogP contribution is -2.19. The van der Waals surface area contributed by atoms with E-state index in [-0.39, 0.29) is 11.3 Å². The van der Waals surface area contributed by atoms with Crippen molar-refractivity contribution in [2.75, 3.05) is 0 Å². The minimum atomic E-state index is -0.380. The van der Waals surface area contributed by atoms with Crippen LogP contribution >= 0.6 is 0 Å². The maximum Gasteiger partial charge on any atom is 0.139 e. The van der Waals surface area contributed by atoms with E-state index >= 15 is 0 Å². The van der Waals surface area contributed by atoms with Gasteiger partial charge in [-0.1, -0.05) is 19.0 Å². The van der Waals surface area contributed by atoms with E-state index in [9.17, 15) is 4.79 Å². The molecule has 0 bridgehead atoms. The zero-order valence-electron chi connectivity index (χ0n) is 6.87. The summed E-state index contributed by atoms with van der Waals surface area (Å²) in [5.74, 6) is 0.167. The largest absolute Gasteiger partial charge is 0.409 e. The van der Waals surface area contributed by atoms with Crippen LogP contribution < -0.4 is 5.73 Å². The summed E-state index contributed by atoms with van der Waals surface area (Å²) in [4.78, 5) is 10.4. The Bertz CT molecular complexity index is 164. The van der Waals surface area contributed by atoms with E-state index in [4.69, 9.17) is 10.9 Å². The lowest BCUT2D eigenvalue weighted by atomic mass is 9.90. The van der Waals surface area contributed by atoms with Crippen LogP contribution in [0.2, 0.25) is 0 Å². The summed E-state index contributed by atoms with van der Waals surface area (Å²) in [6.07, 6.45) is 1.92. The SMILES string of the molecule is CC(C)(C=O)CCC(N)=NO. The molecule has 0 unspecified atom stereocenters. The van der Waals surface area contributed by atoms with E-state index in [1.165, 1.54) is 0 Å². The van der Waals surface area contributed by atoms with Crippen molar-refractivity contribution < 1.29 is 10.0 Å². The molecular weight excluding hydrogens is 144 g/mol. The molecule has 0 aromatic rings. The Labute approximate surface area is 66.1 Å². The molecular formula is C7H14N2O2. The molecule has 0 aliphatic rings.